The van der Waals surface area contributed by atoms with Crippen LogP contribution >= 0.6 is 7.82 Å². The molecular formula is C34H66N2O6P+. The largest absolute Gasteiger partial charge is 0.472 e. The van der Waals surface area contributed by atoms with E-state index >= 15 is 0 Å². The highest BCUT2D eigenvalue weighted by molar-refractivity contribution is 7.47. The number of rotatable bonds is 29. The minimum absolute atomic E-state index is 0.0534. The molecule has 0 aromatic carbocycles. The van der Waals surface area contributed by atoms with E-state index in [1.807, 2.05) is 27.2 Å². The molecule has 0 aromatic heterocycles. The van der Waals surface area contributed by atoms with Crippen LogP contribution in [0.4, 0.5) is 0 Å². The minimum Gasteiger partial charge on any atom is -0.387 e. The fraction of sp³-hybridized carbons (Fsp3) is 0.794. The molecule has 3 N–H and O–H groups in total. The topological polar surface area (TPSA) is 105 Å². The lowest BCUT2D eigenvalue weighted by Gasteiger charge is -2.25. The number of hydrogen-bond donors (Lipinski definition) is 3. The molecule has 0 saturated heterocycles. The number of aliphatic hydroxyl groups excluding tert-OH is 1. The molecule has 0 saturated carbocycles. The molecule has 0 rings (SSSR count). The molecule has 0 aliphatic heterocycles. The maximum atomic E-state index is 12.7. The Labute approximate surface area is 264 Å². The van der Waals surface area contributed by atoms with E-state index in [0.29, 0.717) is 17.4 Å². The molecule has 43 heavy (non-hydrogen) atoms. The maximum Gasteiger partial charge on any atom is 0.472 e. The van der Waals surface area contributed by atoms with Gasteiger partial charge in [0.2, 0.25) is 5.91 Å². The Morgan fingerprint density at radius 2 is 1.30 bits per heavy atom. The van der Waals surface area contributed by atoms with Crippen molar-refractivity contribution >= 4 is 13.7 Å². The second-order valence-electron chi connectivity index (χ2n) is 12.5. The van der Waals surface area contributed by atoms with Crippen LogP contribution in [-0.4, -0.2) is 73.4 Å². The fourth-order valence-corrected chi connectivity index (χ4v) is 5.00. The van der Waals surface area contributed by atoms with Crippen LogP contribution < -0.4 is 5.32 Å². The maximum absolute atomic E-state index is 12.7. The number of phosphoric acid groups is 1. The standard InChI is InChI=1S/C34H65N2O6P/c1-6-8-10-12-14-16-17-18-19-20-22-24-26-28-34(38)35-32(31-42-43(39,40)41-30-29-36(3,4)5)33(37)27-25-23-21-15-13-11-9-7-2/h13,15-17,25,27,32-33,37H,6-12,14,18-24,26,28-31H2,1-5H3,(H-,35,38,39,40)/p+1/b15-13+,17-16-,27-25+. The number of aliphatic hydroxyl groups is 1. The van der Waals surface area contributed by atoms with Crippen LogP contribution in [0.25, 0.3) is 0 Å². The van der Waals surface area contributed by atoms with Crippen molar-refractivity contribution in [2.45, 2.75) is 135 Å². The number of hydrogen-bond acceptors (Lipinski definition) is 5. The van der Waals surface area contributed by atoms with Gasteiger partial charge in [-0.15, -0.1) is 0 Å². The fourth-order valence-electron chi connectivity index (χ4n) is 4.27. The van der Waals surface area contributed by atoms with Crippen LogP contribution in [0.3, 0.4) is 0 Å². The van der Waals surface area contributed by atoms with E-state index in [1.165, 1.54) is 51.4 Å². The molecule has 0 aliphatic carbocycles. The molecule has 0 heterocycles. The predicted molar refractivity (Wildman–Crippen MR) is 180 cm³/mol. The Kier molecular flexibility index (Phi) is 26.3. The summed E-state index contributed by atoms with van der Waals surface area (Å²) in [6, 6.07) is -0.861. The number of carbonyl (C=O) groups excluding carboxylic acids is 1. The van der Waals surface area contributed by atoms with E-state index in [1.54, 1.807) is 6.08 Å². The predicted octanol–water partition coefficient (Wildman–Crippen LogP) is 8.01. The number of allylic oxidation sites excluding steroid dienone is 5. The third kappa shape index (κ3) is 29.2. The summed E-state index contributed by atoms with van der Waals surface area (Å²) in [4.78, 5) is 22.8. The number of nitrogens with one attached hydrogen (secondary N) is 1. The SMILES string of the molecule is CCCC/C=C/CC/C=C/C(O)C(COP(=O)(O)OCC[N+](C)(C)C)NC(=O)CCCCCCC/C=C\CCCCCC. The van der Waals surface area contributed by atoms with Gasteiger partial charge in [-0.3, -0.25) is 13.8 Å². The molecule has 0 spiro atoms. The van der Waals surface area contributed by atoms with Crippen LogP contribution in [0, 0.1) is 0 Å². The number of nitrogens with zero attached hydrogens (tertiary/aromatic N) is 1. The quantitative estimate of drug-likeness (QED) is 0.0335. The summed E-state index contributed by atoms with van der Waals surface area (Å²) >= 11 is 0. The summed E-state index contributed by atoms with van der Waals surface area (Å²) in [7, 11) is 1.54. The molecule has 3 unspecified atom stereocenters. The molecule has 0 bridgehead atoms. The Morgan fingerprint density at radius 3 is 1.93 bits per heavy atom. The van der Waals surface area contributed by atoms with Gasteiger partial charge in [0, 0.05) is 6.42 Å². The highest BCUT2D eigenvalue weighted by Crippen LogP contribution is 2.43. The summed E-state index contributed by atoms with van der Waals surface area (Å²) in [5.74, 6) is -0.204. The van der Waals surface area contributed by atoms with Gasteiger partial charge in [0.25, 0.3) is 0 Å². The Bertz CT molecular complexity index is 809. The molecule has 3 atom stereocenters. The van der Waals surface area contributed by atoms with Crippen LogP contribution in [0.2, 0.25) is 0 Å². The van der Waals surface area contributed by atoms with Crippen LogP contribution in [0.5, 0.6) is 0 Å². The zero-order valence-corrected chi connectivity index (χ0v) is 29.1. The van der Waals surface area contributed by atoms with Crippen LogP contribution in [-0.2, 0) is 18.4 Å². The number of quaternary nitrogens is 1. The summed E-state index contributed by atoms with van der Waals surface area (Å²) in [6.07, 6.45) is 29.4. The van der Waals surface area contributed by atoms with Crippen molar-refractivity contribution in [3.05, 3.63) is 36.5 Å². The Hall–Kier alpha value is -1.28. The van der Waals surface area contributed by atoms with Crippen molar-refractivity contribution < 1.29 is 32.9 Å². The van der Waals surface area contributed by atoms with Gasteiger partial charge in [0.15, 0.2) is 0 Å². The average molecular weight is 630 g/mol. The first-order valence-electron chi connectivity index (χ1n) is 16.9. The third-order valence-corrected chi connectivity index (χ3v) is 8.07. The zero-order chi connectivity index (χ0) is 32.2. The number of likely N-dealkylation sites (N-methyl/N-ethyl adjacent to an activating group) is 1. The summed E-state index contributed by atoms with van der Waals surface area (Å²) < 4.78 is 23.3. The van der Waals surface area contributed by atoms with Crippen molar-refractivity contribution in [3.63, 3.8) is 0 Å². The normalized spacial score (nSPS) is 15.4. The lowest BCUT2D eigenvalue weighted by Crippen LogP contribution is -2.45. The van der Waals surface area contributed by atoms with Crippen molar-refractivity contribution in [1.82, 2.24) is 5.32 Å². The monoisotopic (exact) mass is 629 g/mol. The van der Waals surface area contributed by atoms with Crippen molar-refractivity contribution in [2.24, 2.45) is 0 Å². The van der Waals surface area contributed by atoms with E-state index in [0.717, 1.165) is 51.4 Å². The molecule has 1 amide bonds. The van der Waals surface area contributed by atoms with Gasteiger partial charge < -0.3 is 19.8 Å². The van der Waals surface area contributed by atoms with E-state index in [-0.39, 0.29) is 19.1 Å². The first-order valence-corrected chi connectivity index (χ1v) is 18.4. The van der Waals surface area contributed by atoms with Crippen LogP contribution in [0.1, 0.15) is 123 Å². The second kappa shape index (κ2) is 27.1. The zero-order valence-electron chi connectivity index (χ0n) is 28.2. The van der Waals surface area contributed by atoms with Crippen LogP contribution in [0.15, 0.2) is 36.5 Å². The Morgan fingerprint density at radius 1 is 0.767 bits per heavy atom. The van der Waals surface area contributed by atoms with E-state index in [2.05, 4.69) is 43.5 Å². The molecule has 9 heteroatoms. The van der Waals surface area contributed by atoms with Gasteiger partial charge >= 0.3 is 7.82 Å². The van der Waals surface area contributed by atoms with Gasteiger partial charge in [-0.25, -0.2) is 4.57 Å². The number of carbonyl (C=O) groups is 1. The first-order chi connectivity index (χ1) is 20.5. The number of unbranched alkanes of at least 4 members (excludes halogenated alkanes) is 12. The number of amides is 1. The molecule has 8 nitrogen and oxygen atoms in total. The Balaban J connectivity index is 4.62. The van der Waals surface area contributed by atoms with Gasteiger partial charge in [-0.2, -0.15) is 0 Å². The highest BCUT2D eigenvalue weighted by Gasteiger charge is 2.27. The third-order valence-electron chi connectivity index (χ3n) is 7.08. The highest BCUT2D eigenvalue weighted by atomic mass is 31.2. The van der Waals surface area contributed by atoms with Crippen molar-refractivity contribution in [2.75, 3.05) is 40.9 Å². The van der Waals surface area contributed by atoms with Gasteiger partial charge in [-0.05, 0) is 51.4 Å². The average Bonchev–Trinajstić information content (AvgIpc) is 2.94. The lowest BCUT2D eigenvalue weighted by atomic mass is 10.1. The first kappa shape index (κ1) is 41.7. The second-order valence-corrected chi connectivity index (χ2v) is 14.0. The summed E-state index contributed by atoms with van der Waals surface area (Å²) in [6.45, 7) is 4.65. The van der Waals surface area contributed by atoms with Gasteiger partial charge in [0.05, 0.1) is 39.9 Å². The summed E-state index contributed by atoms with van der Waals surface area (Å²) in [5.41, 5.74) is 0. The molecule has 252 valence electrons. The minimum atomic E-state index is -4.33. The van der Waals surface area contributed by atoms with Crippen molar-refractivity contribution in [3.8, 4) is 0 Å². The molecule has 0 aliphatic rings. The summed E-state index contributed by atoms with van der Waals surface area (Å²) in [5, 5.41) is 13.6. The lowest BCUT2D eigenvalue weighted by molar-refractivity contribution is -0.870. The van der Waals surface area contributed by atoms with Gasteiger partial charge in [-0.1, -0.05) is 102 Å². The van der Waals surface area contributed by atoms with E-state index in [9.17, 15) is 19.4 Å². The smallest absolute Gasteiger partial charge is 0.387 e. The molecule has 0 aromatic rings. The van der Waals surface area contributed by atoms with E-state index in [4.69, 9.17) is 9.05 Å². The van der Waals surface area contributed by atoms with Crippen molar-refractivity contribution in [1.29, 1.82) is 0 Å². The molecular weight excluding hydrogens is 563 g/mol. The molecule has 0 radical (unpaired) electrons. The van der Waals surface area contributed by atoms with E-state index < -0.39 is 20.0 Å². The molecule has 0 fully saturated rings. The number of phosphoric ester groups is 1. The van der Waals surface area contributed by atoms with Gasteiger partial charge in [0.1, 0.15) is 13.2 Å².